The van der Waals surface area contributed by atoms with Gasteiger partial charge in [0.05, 0.1) is 6.10 Å². The summed E-state index contributed by atoms with van der Waals surface area (Å²) >= 11 is 1.15. The molecular weight excluding hydrogens is 442 g/mol. The molecule has 0 aromatic carbocycles. The first-order valence-corrected chi connectivity index (χ1v) is 14.1. The largest absolute Gasteiger partial charge is 0.480 e. The SMILES string of the molecule is CCCCCCCCCCCCCCCC(=O)NC(CSC[C@@]1(O)C(C)[C@H](O)[C@H]1O)C(=O)O. The zero-order valence-corrected chi connectivity index (χ0v) is 21.5. The van der Waals surface area contributed by atoms with Crippen molar-refractivity contribution in [3.8, 4) is 0 Å². The molecule has 8 heteroatoms. The quantitative estimate of drug-likeness (QED) is 0.164. The fraction of sp³-hybridized carbons (Fsp3) is 0.920. The third kappa shape index (κ3) is 11.0. The number of amides is 1. The number of carbonyl (C=O) groups is 2. The Morgan fingerprint density at radius 1 is 0.909 bits per heavy atom. The number of hydrogen-bond acceptors (Lipinski definition) is 6. The maximum Gasteiger partial charge on any atom is 0.327 e. The number of carboxylic acid groups (broad SMARTS) is 1. The molecule has 1 saturated carbocycles. The molecule has 2 unspecified atom stereocenters. The Bertz CT molecular complexity index is 551. The molecule has 194 valence electrons. The maximum atomic E-state index is 12.1. The van der Waals surface area contributed by atoms with Crippen molar-refractivity contribution in [1.29, 1.82) is 0 Å². The Hall–Kier alpha value is -0.830. The molecule has 1 fully saturated rings. The molecule has 0 radical (unpaired) electrons. The van der Waals surface area contributed by atoms with Crippen LogP contribution in [0.1, 0.15) is 104 Å². The second kappa shape index (κ2) is 16.7. The smallest absolute Gasteiger partial charge is 0.327 e. The highest BCUT2D eigenvalue weighted by molar-refractivity contribution is 7.99. The predicted molar refractivity (Wildman–Crippen MR) is 133 cm³/mol. The summed E-state index contributed by atoms with van der Waals surface area (Å²) in [5, 5.41) is 41.7. The van der Waals surface area contributed by atoms with Gasteiger partial charge in [-0.25, -0.2) is 4.79 Å². The zero-order valence-electron chi connectivity index (χ0n) is 20.6. The van der Waals surface area contributed by atoms with Gasteiger partial charge in [0.1, 0.15) is 17.7 Å². The molecule has 7 nitrogen and oxygen atoms in total. The molecule has 0 aliphatic heterocycles. The van der Waals surface area contributed by atoms with Crippen molar-refractivity contribution in [2.45, 2.75) is 128 Å². The molecule has 1 aliphatic rings. The topological polar surface area (TPSA) is 127 Å². The fourth-order valence-corrected chi connectivity index (χ4v) is 5.66. The maximum absolute atomic E-state index is 12.1. The van der Waals surface area contributed by atoms with E-state index in [4.69, 9.17) is 0 Å². The lowest BCUT2D eigenvalue weighted by molar-refractivity contribution is -0.242. The average molecular weight is 490 g/mol. The van der Waals surface area contributed by atoms with Gasteiger partial charge in [-0.05, 0) is 6.42 Å². The standard InChI is InChI=1S/C25H47NO6S/c1-3-4-5-6-7-8-9-10-11-12-13-14-15-16-21(27)26-20(24(30)31)17-33-18-25(32)19(2)22(28)23(25)29/h19-20,22-23,28-29,32H,3-18H2,1-2H3,(H,26,27)(H,30,31)/t19?,20?,22-,23+,25+/m0/s1. The van der Waals surface area contributed by atoms with Crippen LogP contribution in [0.2, 0.25) is 0 Å². The Labute approximate surface area is 204 Å². The van der Waals surface area contributed by atoms with Crippen LogP contribution >= 0.6 is 11.8 Å². The summed E-state index contributed by atoms with van der Waals surface area (Å²) in [6.45, 7) is 3.88. The van der Waals surface area contributed by atoms with E-state index in [1.807, 2.05) is 0 Å². The van der Waals surface area contributed by atoms with E-state index in [0.29, 0.717) is 6.42 Å². The number of nitrogens with one attached hydrogen (secondary N) is 1. The fourth-order valence-electron chi connectivity index (χ4n) is 4.32. The third-order valence-corrected chi connectivity index (χ3v) is 8.13. The molecule has 0 bridgehead atoms. The van der Waals surface area contributed by atoms with Gasteiger partial charge in [-0.2, -0.15) is 11.8 Å². The molecule has 0 aromatic rings. The van der Waals surface area contributed by atoms with Crippen LogP contribution in [0.3, 0.4) is 0 Å². The number of carbonyl (C=O) groups excluding carboxylic acids is 1. The van der Waals surface area contributed by atoms with Crippen molar-refractivity contribution in [3.63, 3.8) is 0 Å². The molecule has 0 heterocycles. The van der Waals surface area contributed by atoms with Crippen molar-refractivity contribution in [2.24, 2.45) is 5.92 Å². The van der Waals surface area contributed by atoms with Crippen LogP contribution in [-0.4, -0.2) is 67.7 Å². The van der Waals surface area contributed by atoms with E-state index in [0.717, 1.165) is 31.0 Å². The number of unbranched alkanes of at least 4 members (excludes halogenated alkanes) is 12. The van der Waals surface area contributed by atoms with E-state index in [1.54, 1.807) is 6.92 Å². The lowest BCUT2D eigenvalue weighted by atomic mass is 9.66. The van der Waals surface area contributed by atoms with Gasteiger partial charge in [-0.1, -0.05) is 90.9 Å². The van der Waals surface area contributed by atoms with Crippen molar-refractivity contribution < 1.29 is 30.0 Å². The van der Waals surface area contributed by atoms with E-state index >= 15 is 0 Å². The highest BCUT2D eigenvalue weighted by atomic mass is 32.2. The molecule has 1 rings (SSSR count). The van der Waals surface area contributed by atoms with Gasteiger partial charge in [0.15, 0.2) is 0 Å². The molecule has 1 amide bonds. The van der Waals surface area contributed by atoms with Crippen LogP contribution in [0.4, 0.5) is 0 Å². The third-order valence-electron chi connectivity index (χ3n) is 6.89. The number of aliphatic hydroxyl groups is 3. The predicted octanol–water partition coefficient (Wildman–Crippen LogP) is 3.87. The molecule has 0 saturated heterocycles. The average Bonchev–Trinajstić information content (AvgIpc) is 2.79. The van der Waals surface area contributed by atoms with Gasteiger partial charge in [-0.3, -0.25) is 4.79 Å². The highest BCUT2D eigenvalue weighted by Crippen LogP contribution is 2.41. The van der Waals surface area contributed by atoms with Crippen LogP contribution in [0.5, 0.6) is 0 Å². The second-order valence-corrected chi connectivity index (χ2v) is 10.7. The summed E-state index contributed by atoms with van der Waals surface area (Å²) in [5.41, 5.74) is -1.42. The number of thioether (sulfide) groups is 1. The molecule has 5 N–H and O–H groups in total. The first-order valence-electron chi connectivity index (χ1n) is 12.9. The van der Waals surface area contributed by atoms with E-state index in [9.17, 15) is 30.0 Å². The molecule has 1 aliphatic carbocycles. The lowest BCUT2D eigenvalue weighted by Gasteiger charge is -2.52. The monoisotopic (exact) mass is 489 g/mol. The van der Waals surface area contributed by atoms with Crippen LogP contribution in [-0.2, 0) is 9.59 Å². The minimum Gasteiger partial charge on any atom is -0.480 e. The number of hydrogen-bond donors (Lipinski definition) is 5. The Balaban J connectivity index is 2.06. The Morgan fingerprint density at radius 2 is 1.39 bits per heavy atom. The van der Waals surface area contributed by atoms with E-state index < -0.39 is 35.7 Å². The molecule has 0 aromatic heterocycles. The normalized spacial score (nSPS) is 25.4. The van der Waals surface area contributed by atoms with Gasteiger partial charge in [0.2, 0.25) is 5.91 Å². The summed E-state index contributed by atoms with van der Waals surface area (Å²) in [6, 6.07) is -1.04. The van der Waals surface area contributed by atoms with Gasteiger partial charge in [0.25, 0.3) is 0 Å². The van der Waals surface area contributed by atoms with Gasteiger partial charge in [-0.15, -0.1) is 0 Å². The van der Waals surface area contributed by atoms with E-state index in [1.165, 1.54) is 64.2 Å². The summed E-state index contributed by atoms with van der Waals surface area (Å²) < 4.78 is 0. The first-order chi connectivity index (χ1) is 15.7. The lowest BCUT2D eigenvalue weighted by Crippen LogP contribution is -2.70. The molecule has 5 atom stereocenters. The van der Waals surface area contributed by atoms with Crippen molar-refractivity contribution >= 4 is 23.6 Å². The van der Waals surface area contributed by atoms with E-state index in [2.05, 4.69) is 12.2 Å². The summed E-state index contributed by atoms with van der Waals surface area (Å²) in [7, 11) is 0. The minimum absolute atomic E-state index is 0.0948. The summed E-state index contributed by atoms with van der Waals surface area (Å²) in [5.74, 6) is -1.66. The van der Waals surface area contributed by atoms with Gasteiger partial charge in [0, 0.05) is 23.8 Å². The van der Waals surface area contributed by atoms with Crippen LogP contribution < -0.4 is 5.32 Å². The van der Waals surface area contributed by atoms with Crippen LogP contribution in [0.25, 0.3) is 0 Å². The van der Waals surface area contributed by atoms with Crippen LogP contribution in [0, 0.1) is 5.92 Å². The first kappa shape index (κ1) is 30.2. The second-order valence-electron chi connectivity index (χ2n) is 9.68. The molecule has 33 heavy (non-hydrogen) atoms. The Morgan fingerprint density at radius 3 is 1.85 bits per heavy atom. The summed E-state index contributed by atoms with van der Waals surface area (Å²) in [6.07, 6.45) is 14.1. The minimum atomic E-state index is -1.42. The summed E-state index contributed by atoms with van der Waals surface area (Å²) in [4.78, 5) is 23.6. The van der Waals surface area contributed by atoms with Crippen molar-refractivity contribution in [1.82, 2.24) is 5.32 Å². The number of rotatable bonds is 20. The zero-order chi connectivity index (χ0) is 24.7. The Kier molecular flexibility index (Phi) is 15.3. The van der Waals surface area contributed by atoms with Gasteiger partial charge < -0.3 is 25.7 Å². The number of carboxylic acids is 1. The number of aliphatic carboxylic acids is 1. The van der Waals surface area contributed by atoms with Crippen molar-refractivity contribution in [3.05, 3.63) is 0 Å². The van der Waals surface area contributed by atoms with Crippen LogP contribution in [0.15, 0.2) is 0 Å². The number of aliphatic hydroxyl groups excluding tert-OH is 2. The highest BCUT2D eigenvalue weighted by Gasteiger charge is 2.58. The van der Waals surface area contributed by atoms with Crippen molar-refractivity contribution in [2.75, 3.05) is 11.5 Å². The molecular formula is C25H47NO6S. The van der Waals surface area contributed by atoms with E-state index in [-0.39, 0.29) is 17.4 Å². The van der Waals surface area contributed by atoms with Gasteiger partial charge >= 0.3 is 5.97 Å². The molecule has 0 spiro atoms.